The van der Waals surface area contributed by atoms with Crippen molar-refractivity contribution in [1.29, 1.82) is 0 Å². The topological polar surface area (TPSA) is 18.5 Å². The Bertz CT molecular complexity index is 749. The number of ether oxygens (including phenoxy) is 2. The summed E-state index contributed by atoms with van der Waals surface area (Å²) in [4.78, 5) is 0. The highest BCUT2D eigenvalue weighted by Crippen LogP contribution is 2.37. The Hall–Kier alpha value is -2.16. The molecule has 0 saturated carbocycles. The van der Waals surface area contributed by atoms with Gasteiger partial charge in [0.2, 0.25) is 0 Å². The lowest BCUT2D eigenvalue weighted by Gasteiger charge is -2.15. The van der Waals surface area contributed by atoms with E-state index in [1.165, 1.54) is 0 Å². The summed E-state index contributed by atoms with van der Waals surface area (Å²) >= 11 is 12.0. The molecule has 0 N–H and O–H groups in total. The third-order valence-electron chi connectivity index (χ3n) is 3.52. The summed E-state index contributed by atoms with van der Waals surface area (Å²) < 4.78 is 12.1. The van der Waals surface area contributed by atoms with Crippen molar-refractivity contribution in [2.45, 2.75) is 11.8 Å². The molecule has 0 aromatic heterocycles. The van der Waals surface area contributed by atoms with Crippen molar-refractivity contribution in [3.8, 4) is 23.0 Å². The normalized spacial score (nSPS) is 10.4. The monoisotopic (exact) mass is 358 g/mol. The highest BCUT2D eigenvalue weighted by molar-refractivity contribution is 6.17. The fourth-order valence-corrected chi connectivity index (χ4v) is 2.72. The molecule has 0 spiro atoms. The number of halogens is 2. The first-order chi connectivity index (χ1) is 11.8. The van der Waals surface area contributed by atoms with Crippen LogP contribution < -0.4 is 9.47 Å². The summed E-state index contributed by atoms with van der Waals surface area (Å²) in [6.45, 7) is 0. The van der Waals surface area contributed by atoms with Gasteiger partial charge in [-0.3, -0.25) is 0 Å². The van der Waals surface area contributed by atoms with Gasteiger partial charge in [-0.2, -0.15) is 0 Å². The molecule has 0 bridgehead atoms. The van der Waals surface area contributed by atoms with Crippen LogP contribution in [-0.2, 0) is 11.8 Å². The van der Waals surface area contributed by atoms with Gasteiger partial charge in [0.15, 0.2) is 11.5 Å². The SMILES string of the molecule is ClCc1ccccc1Oc1ccccc1Oc1ccccc1CCl. The van der Waals surface area contributed by atoms with Gasteiger partial charge in [-0.1, -0.05) is 48.5 Å². The number of hydrogen-bond acceptors (Lipinski definition) is 2. The molecule has 0 aliphatic carbocycles. The first-order valence-corrected chi connectivity index (χ1v) is 8.61. The van der Waals surface area contributed by atoms with Crippen molar-refractivity contribution in [2.24, 2.45) is 0 Å². The third-order valence-corrected chi connectivity index (χ3v) is 4.10. The number of alkyl halides is 2. The van der Waals surface area contributed by atoms with Crippen molar-refractivity contribution in [1.82, 2.24) is 0 Å². The van der Waals surface area contributed by atoms with Crippen molar-refractivity contribution >= 4 is 23.2 Å². The first-order valence-electron chi connectivity index (χ1n) is 7.54. The van der Waals surface area contributed by atoms with Crippen LogP contribution in [0.25, 0.3) is 0 Å². The molecule has 0 aliphatic heterocycles. The minimum Gasteiger partial charge on any atom is -0.453 e. The molecule has 3 aromatic carbocycles. The summed E-state index contributed by atoms with van der Waals surface area (Å²) in [5, 5.41) is 0. The maximum absolute atomic E-state index is 6.03. The minimum atomic E-state index is 0.383. The summed E-state index contributed by atoms with van der Waals surface area (Å²) in [7, 11) is 0. The van der Waals surface area contributed by atoms with Crippen molar-refractivity contribution in [3.05, 3.63) is 83.9 Å². The zero-order valence-corrected chi connectivity index (χ0v) is 14.4. The van der Waals surface area contributed by atoms with E-state index in [1.807, 2.05) is 72.8 Å². The maximum Gasteiger partial charge on any atom is 0.169 e. The molecule has 0 saturated heterocycles. The minimum absolute atomic E-state index is 0.383. The summed E-state index contributed by atoms with van der Waals surface area (Å²) in [5.74, 6) is 3.45. The summed E-state index contributed by atoms with van der Waals surface area (Å²) in [6, 6.07) is 22.9. The van der Waals surface area contributed by atoms with E-state index in [4.69, 9.17) is 32.7 Å². The van der Waals surface area contributed by atoms with Gasteiger partial charge in [0, 0.05) is 11.1 Å². The average molecular weight is 359 g/mol. The quantitative estimate of drug-likeness (QED) is 0.453. The zero-order chi connectivity index (χ0) is 16.8. The molecular formula is C20H16Cl2O2. The van der Waals surface area contributed by atoms with Gasteiger partial charge >= 0.3 is 0 Å². The Labute approximate surface area is 151 Å². The number of rotatable bonds is 6. The van der Waals surface area contributed by atoms with Gasteiger partial charge < -0.3 is 9.47 Å². The van der Waals surface area contributed by atoms with E-state index in [-0.39, 0.29) is 0 Å². The fraction of sp³-hybridized carbons (Fsp3) is 0.100. The molecule has 24 heavy (non-hydrogen) atoms. The molecule has 3 aromatic rings. The predicted octanol–water partition coefficient (Wildman–Crippen LogP) is 6.75. The molecule has 0 aliphatic rings. The molecule has 122 valence electrons. The second-order valence-corrected chi connectivity index (χ2v) is 5.67. The predicted molar refractivity (Wildman–Crippen MR) is 98.6 cm³/mol. The molecule has 0 radical (unpaired) electrons. The van der Waals surface area contributed by atoms with E-state index in [1.54, 1.807) is 0 Å². The van der Waals surface area contributed by atoms with Crippen LogP contribution in [0.3, 0.4) is 0 Å². The van der Waals surface area contributed by atoms with Crippen molar-refractivity contribution < 1.29 is 9.47 Å². The van der Waals surface area contributed by atoms with Crippen molar-refractivity contribution in [3.63, 3.8) is 0 Å². The van der Waals surface area contributed by atoms with Gasteiger partial charge in [-0.15, -0.1) is 23.2 Å². The molecule has 0 fully saturated rings. The maximum atomic E-state index is 6.03. The zero-order valence-electron chi connectivity index (χ0n) is 12.9. The van der Waals surface area contributed by atoms with E-state index in [0.717, 1.165) is 11.1 Å². The molecule has 4 heteroatoms. The number of hydrogen-bond donors (Lipinski definition) is 0. The lowest BCUT2D eigenvalue weighted by molar-refractivity contribution is 0.415. The fourth-order valence-electron chi connectivity index (χ4n) is 2.28. The molecule has 0 atom stereocenters. The lowest BCUT2D eigenvalue weighted by Crippen LogP contribution is -1.94. The van der Waals surface area contributed by atoms with E-state index in [0.29, 0.717) is 34.8 Å². The Kier molecular flexibility index (Phi) is 5.63. The van der Waals surface area contributed by atoms with Gasteiger partial charge in [-0.25, -0.2) is 0 Å². The summed E-state index contributed by atoms with van der Waals surface area (Å²) in [6.07, 6.45) is 0. The number of para-hydroxylation sites is 4. The van der Waals surface area contributed by atoms with Crippen LogP contribution in [0, 0.1) is 0 Å². The molecule has 0 unspecified atom stereocenters. The average Bonchev–Trinajstić information content (AvgIpc) is 2.64. The third kappa shape index (κ3) is 3.84. The van der Waals surface area contributed by atoms with E-state index in [2.05, 4.69) is 0 Å². The van der Waals surface area contributed by atoms with Crippen LogP contribution in [-0.4, -0.2) is 0 Å². The first kappa shape index (κ1) is 16.7. The van der Waals surface area contributed by atoms with Gasteiger partial charge in [0.05, 0.1) is 11.8 Å². The Morgan fingerprint density at radius 2 is 0.833 bits per heavy atom. The van der Waals surface area contributed by atoms with Crippen LogP contribution in [0.2, 0.25) is 0 Å². The van der Waals surface area contributed by atoms with Crippen molar-refractivity contribution in [2.75, 3.05) is 0 Å². The molecule has 2 nitrogen and oxygen atoms in total. The molecule has 3 rings (SSSR count). The van der Waals surface area contributed by atoms with Crippen LogP contribution in [0.4, 0.5) is 0 Å². The Morgan fingerprint density at radius 1 is 0.500 bits per heavy atom. The van der Waals surface area contributed by atoms with Crippen LogP contribution in [0.15, 0.2) is 72.8 Å². The van der Waals surface area contributed by atoms with Crippen LogP contribution >= 0.6 is 23.2 Å². The highest BCUT2D eigenvalue weighted by Gasteiger charge is 2.11. The van der Waals surface area contributed by atoms with Gasteiger partial charge in [-0.05, 0) is 24.3 Å². The lowest BCUT2D eigenvalue weighted by atomic mass is 10.2. The second kappa shape index (κ2) is 8.09. The Morgan fingerprint density at radius 3 is 1.21 bits per heavy atom. The van der Waals surface area contributed by atoms with E-state index < -0.39 is 0 Å². The highest BCUT2D eigenvalue weighted by atomic mass is 35.5. The van der Waals surface area contributed by atoms with Gasteiger partial charge in [0.1, 0.15) is 11.5 Å². The molecular weight excluding hydrogens is 343 g/mol. The van der Waals surface area contributed by atoms with E-state index >= 15 is 0 Å². The standard InChI is InChI=1S/C20H16Cl2O2/c21-13-15-7-1-3-9-17(15)23-19-11-5-6-12-20(19)24-18-10-4-2-8-16(18)14-22/h1-12H,13-14H2. The summed E-state index contributed by atoms with van der Waals surface area (Å²) in [5.41, 5.74) is 1.85. The second-order valence-electron chi connectivity index (χ2n) is 5.13. The van der Waals surface area contributed by atoms with Crippen LogP contribution in [0.1, 0.15) is 11.1 Å². The smallest absolute Gasteiger partial charge is 0.169 e. The number of benzene rings is 3. The Balaban J connectivity index is 1.91. The van der Waals surface area contributed by atoms with Crippen LogP contribution in [0.5, 0.6) is 23.0 Å². The largest absolute Gasteiger partial charge is 0.453 e. The van der Waals surface area contributed by atoms with E-state index in [9.17, 15) is 0 Å². The molecule has 0 amide bonds. The molecule has 0 heterocycles. The van der Waals surface area contributed by atoms with Gasteiger partial charge in [0.25, 0.3) is 0 Å².